The molecule has 23 heavy (non-hydrogen) atoms. The van der Waals surface area contributed by atoms with Gasteiger partial charge < -0.3 is 14.9 Å². The van der Waals surface area contributed by atoms with E-state index in [0.29, 0.717) is 24.6 Å². The normalized spacial score (nSPS) is 11.9. The molecule has 1 amide bonds. The van der Waals surface area contributed by atoms with Crippen LogP contribution < -0.4 is 5.32 Å². The number of unbranched alkanes of at least 4 members (excludes halogenated alkanes) is 1. The minimum absolute atomic E-state index is 0.0775. The van der Waals surface area contributed by atoms with E-state index in [2.05, 4.69) is 15.5 Å². The van der Waals surface area contributed by atoms with Crippen molar-refractivity contribution in [3.8, 4) is 11.5 Å². The van der Waals surface area contributed by atoms with Gasteiger partial charge in [-0.15, -0.1) is 0 Å². The molecule has 0 spiro atoms. The van der Waals surface area contributed by atoms with Gasteiger partial charge in [0.1, 0.15) is 0 Å². The van der Waals surface area contributed by atoms with Gasteiger partial charge in [0.05, 0.1) is 6.04 Å². The zero-order valence-corrected chi connectivity index (χ0v) is 12.9. The second kappa shape index (κ2) is 8.07. The van der Waals surface area contributed by atoms with Crippen LogP contribution in [0.3, 0.4) is 0 Å². The van der Waals surface area contributed by atoms with Gasteiger partial charge in [0.2, 0.25) is 5.91 Å². The summed E-state index contributed by atoms with van der Waals surface area (Å²) in [4.78, 5) is 26.5. The molecular weight excluding hydrogens is 298 g/mol. The standard InChI is InChI=1S/C16H19N3O4/c1-11(17-13(20)9-5-6-10-14(21)22)15-18-16(23-19-15)12-7-3-2-4-8-12/h2-4,7-8,11H,5-6,9-10H2,1H3,(H,17,20)(H,21,22). The number of amides is 1. The summed E-state index contributed by atoms with van der Waals surface area (Å²) in [5, 5.41) is 15.2. The minimum Gasteiger partial charge on any atom is -0.481 e. The lowest BCUT2D eigenvalue weighted by molar-refractivity contribution is -0.137. The Bertz CT molecular complexity index is 654. The second-order valence-electron chi connectivity index (χ2n) is 5.21. The summed E-state index contributed by atoms with van der Waals surface area (Å²) < 4.78 is 5.20. The Labute approximate surface area is 133 Å². The predicted octanol–water partition coefficient (Wildman–Crippen LogP) is 2.56. The number of carbonyl (C=O) groups excluding carboxylic acids is 1. The Hall–Kier alpha value is -2.70. The number of nitrogens with one attached hydrogen (secondary N) is 1. The van der Waals surface area contributed by atoms with Crippen LogP contribution in [-0.2, 0) is 9.59 Å². The largest absolute Gasteiger partial charge is 0.481 e. The molecular formula is C16H19N3O4. The number of aromatic nitrogens is 2. The van der Waals surface area contributed by atoms with Crippen LogP contribution in [0, 0.1) is 0 Å². The number of aliphatic carboxylic acids is 1. The van der Waals surface area contributed by atoms with Gasteiger partial charge in [-0.2, -0.15) is 4.98 Å². The van der Waals surface area contributed by atoms with Crippen molar-refractivity contribution in [2.24, 2.45) is 0 Å². The number of carboxylic acid groups (broad SMARTS) is 1. The van der Waals surface area contributed by atoms with E-state index in [9.17, 15) is 9.59 Å². The Morgan fingerprint density at radius 2 is 1.91 bits per heavy atom. The summed E-state index contributed by atoms with van der Waals surface area (Å²) in [7, 11) is 0. The van der Waals surface area contributed by atoms with Crippen molar-refractivity contribution in [3.63, 3.8) is 0 Å². The Balaban J connectivity index is 1.84. The number of carbonyl (C=O) groups is 2. The van der Waals surface area contributed by atoms with Gasteiger partial charge in [-0.1, -0.05) is 23.4 Å². The molecule has 0 aliphatic carbocycles. The monoisotopic (exact) mass is 317 g/mol. The summed E-state index contributed by atoms with van der Waals surface area (Å²) in [6.45, 7) is 1.77. The first kappa shape index (κ1) is 16.7. The van der Waals surface area contributed by atoms with Crippen molar-refractivity contribution in [1.29, 1.82) is 0 Å². The molecule has 0 bridgehead atoms. The lowest BCUT2D eigenvalue weighted by Gasteiger charge is -2.09. The van der Waals surface area contributed by atoms with Gasteiger partial charge in [0.25, 0.3) is 5.89 Å². The highest BCUT2D eigenvalue weighted by molar-refractivity contribution is 5.76. The van der Waals surface area contributed by atoms with Crippen LogP contribution in [0.15, 0.2) is 34.9 Å². The summed E-state index contributed by atoms with van der Waals surface area (Å²) in [6.07, 6.45) is 1.37. The van der Waals surface area contributed by atoms with Gasteiger partial charge in [-0.3, -0.25) is 9.59 Å². The number of rotatable bonds is 8. The van der Waals surface area contributed by atoms with Crippen molar-refractivity contribution >= 4 is 11.9 Å². The molecule has 1 aromatic carbocycles. The number of nitrogens with zero attached hydrogens (tertiary/aromatic N) is 2. The highest BCUT2D eigenvalue weighted by Gasteiger charge is 2.16. The zero-order chi connectivity index (χ0) is 16.7. The maximum absolute atomic E-state index is 11.8. The van der Waals surface area contributed by atoms with Crippen molar-refractivity contribution in [2.75, 3.05) is 0 Å². The molecule has 1 atom stereocenters. The quantitative estimate of drug-likeness (QED) is 0.725. The molecule has 2 N–H and O–H groups in total. The second-order valence-corrected chi connectivity index (χ2v) is 5.21. The van der Waals surface area contributed by atoms with E-state index in [1.807, 2.05) is 30.3 Å². The van der Waals surface area contributed by atoms with E-state index in [1.54, 1.807) is 6.92 Å². The lowest BCUT2D eigenvalue weighted by atomic mass is 10.2. The van der Waals surface area contributed by atoms with Crippen molar-refractivity contribution in [3.05, 3.63) is 36.2 Å². The van der Waals surface area contributed by atoms with Crippen LogP contribution in [0.2, 0.25) is 0 Å². The molecule has 0 aliphatic heterocycles. The first-order chi connectivity index (χ1) is 11.1. The van der Waals surface area contributed by atoms with Gasteiger partial charge >= 0.3 is 5.97 Å². The maximum atomic E-state index is 11.8. The highest BCUT2D eigenvalue weighted by atomic mass is 16.5. The van der Waals surface area contributed by atoms with E-state index >= 15 is 0 Å². The van der Waals surface area contributed by atoms with Crippen LogP contribution in [0.25, 0.3) is 11.5 Å². The summed E-state index contributed by atoms with van der Waals surface area (Å²) in [5.74, 6) is -0.195. The Morgan fingerprint density at radius 1 is 1.22 bits per heavy atom. The number of hydrogen-bond acceptors (Lipinski definition) is 5. The molecule has 0 aliphatic rings. The molecule has 2 rings (SSSR count). The number of benzene rings is 1. The molecule has 7 nitrogen and oxygen atoms in total. The molecule has 0 saturated carbocycles. The molecule has 1 unspecified atom stereocenters. The third kappa shape index (κ3) is 5.21. The van der Waals surface area contributed by atoms with Gasteiger partial charge in [0, 0.05) is 18.4 Å². The van der Waals surface area contributed by atoms with E-state index in [1.165, 1.54) is 0 Å². The molecule has 2 aromatic rings. The number of carboxylic acids is 1. The maximum Gasteiger partial charge on any atom is 0.303 e. The lowest BCUT2D eigenvalue weighted by Crippen LogP contribution is -2.27. The van der Waals surface area contributed by atoms with E-state index in [-0.39, 0.29) is 24.8 Å². The van der Waals surface area contributed by atoms with Crippen LogP contribution >= 0.6 is 0 Å². The van der Waals surface area contributed by atoms with E-state index < -0.39 is 5.97 Å². The van der Waals surface area contributed by atoms with Crippen molar-refractivity contribution in [1.82, 2.24) is 15.5 Å². The van der Waals surface area contributed by atoms with Gasteiger partial charge in [-0.25, -0.2) is 0 Å². The SMILES string of the molecule is CC(NC(=O)CCCCC(=O)O)c1noc(-c2ccccc2)n1. The predicted molar refractivity (Wildman–Crippen MR) is 82.4 cm³/mol. The van der Waals surface area contributed by atoms with Gasteiger partial charge in [-0.05, 0) is 31.9 Å². The highest BCUT2D eigenvalue weighted by Crippen LogP contribution is 2.18. The average Bonchev–Trinajstić information content (AvgIpc) is 3.02. The molecule has 122 valence electrons. The first-order valence-electron chi connectivity index (χ1n) is 7.46. The average molecular weight is 317 g/mol. The van der Waals surface area contributed by atoms with Crippen LogP contribution in [0.1, 0.15) is 44.5 Å². The zero-order valence-electron chi connectivity index (χ0n) is 12.9. The smallest absolute Gasteiger partial charge is 0.303 e. The summed E-state index contributed by atoms with van der Waals surface area (Å²) >= 11 is 0. The van der Waals surface area contributed by atoms with E-state index in [0.717, 1.165) is 5.56 Å². The summed E-state index contributed by atoms with van der Waals surface area (Å²) in [5.41, 5.74) is 0.818. The third-order valence-electron chi connectivity index (χ3n) is 3.27. The van der Waals surface area contributed by atoms with Crippen LogP contribution in [0.5, 0.6) is 0 Å². The van der Waals surface area contributed by atoms with Crippen molar-refractivity contribution < 1.29 is 19.2 Å². The van der Waals surface area contributed by atoms with Crippen LogP contribution in [-0.4, -0.2) is 27.1 Å². The Morgan fingerprint density at radius 3 is 2.61 bits per heavy atom. The fourth-order valence-corrected chi connectivity index (χ4v) is 2.05. The molecule has 7 heteroatoms. The molecule has 0 saturated heterocycles. The fraction of sp³-hybridized carbons (Fsp3) is 0.375. The summed E-state index contributed by atoms with van der Waals surface area (Å²) in [6, 6.07) is 9.01. The van der Waals surface area contributed by atoms with Gasteiger partial charge in [0.15, 0.2) is 5.82 Å². The molecule has 1 aromatic heterocycles. The topological polar surface area (TPSA) is 105 Å². The third-order valence-corrected chi connectivity index (χ3v) is 3.27. The first-order valence-corrected chi connectivity index (χ1v) is 7.46. The molecule has 0 radical (unpaired) electrons. The minimum atomic E-state index is -0.848. The molecule has 1 heterocycles. The number of hydrogen-bond donors (Lipinski definition) is 2. The van der Waals surface area contributed by atoms with Crippen LogP contribution in [0.4, 0.5) is 0 Å². The fourth-order valence-electron chi connectivity index (χ4n) is 2.05. The molecule has 0 fully saturated rings. The Kier molecular flexibility index (Phi) is 5.85. The van der Waals surface area contributed by atoms with E-state index in [4.69, 9.17) is 9.63 Å². The van der Waals surface area contributed by atoms with Crippen molar-refractivity contribution in [2.45, 2.75) is 38.6 Å².